The average molecular weight is 354 g/mol. The number of hydrogen-bond donors (Lipinski definition) is 0. The van der Waals surface area contributed by atoms with Crippen molar-refractivity contribution in [3.63, 3.8) is 0 Å². The van der Waals surface area contributed by atoms with E-state index in [1.807, 2.05) is 4.90 Å². The van der Waals surface area contributed by atoms with Crippen molar-refractivity contribution in [2.75, 3.05) is 6.54 Å². The molecule has 2 aliphatic heterocycles. The molecule has 3 aliphatic rings. The third kappa shape index (κ3) is 2.48. The molecule has 0 unspecified atom stereocenters. The molecular formula is C21H26N2O3. The zero-order valence-electron chi connectivity index (χ0n) is 15.9. The average Bonchev–Trinajstić information content (AvgIpc) is 2.96. The SMILES string of the molecule is C[C@@H](C(=O)N1C[C@@]2(C)C[C@H]1CC(C)(C)C2)N1C(=O)c2ccccc2C1=O. The Labute approximate surface area is 154 Å². The molecule has 3 atom stereocenters. The van der Waals surface area contributed by atoms with Crippen molar-refractivity contribution in [1.82, 2.24) is 9.80 Å². The topological polar surface area (TPSA) is 57.7 Å². The van der Waals surface area contributed by atoms with Gasteiger partial charge in [-0.15, -0.1) is 0 Å². The van der Waals surface area contributed by atoms with Gasteiger partial charge in [0.2, 0.25) is 5.91 Å². The third-order valence-corrected chi connectivity index (χ3v) is 6.27. The van der Waals surface area contributed by atoms with Crippen molar-refractivity contribution in [2.45, 2.75) is 59.0 Å². The minimum Gasteiger partial charge on any atom is -0.337 e. The van der Waals surface area contributed by atoms with E-state index in [1.54, 1.807) is 31.2 Å². The minimum atomic E-state index is -0.770. The van der Waals surface area contributed by atoms with Gasteiger partial charge < -0.3 is 4.90 Å². The van der Waals surface area contributed by atoms with Crippen molar-refractivity contribution in [3.8, 4) is 0 Å². The number of benzene rings is 1. The lowest BCUT2D eigenvalue weighted by Crippen LogP contribution is -2.51. The van der Waals surface area contributed by atoms with Gasteiger partial charge in [-0.1, -0.05) is 32.9 Å². The lowest BCUT2D eigenvalue weighted by Gasteiger charge is -2.39. The summed E-state index contributed by atoms with van der Waals surface area (Å²) >= 11 is 0. The number of imide groups is 1. The second-order valence-corrected chi connectivity index (χ2v) is 9.38. The molecule has 2 heterocycles. The lowest BCUT2D eigenvalue weighted by atomic mass is 9.65. The first-order valence-corrected chi connectivity index (χ1v) is 9.39. The van der Waals surface area contributed by atoms with Crippen LogP contribution in [0.4, 0.5) is 0 Å². The second kappa shape index (κ2) is 5.41. The molecule has 4 rings (SSSR count). The third-order valence-electron chi connectivity index (χ3n) is 6.27. The highest BCUT2D eigenvalue weighted by molar-refractivity contribution is 6.22. The van der Waals surface area contributed by atoms with Gasteiger partial charge in [0.15, 0.2) is 0 Å². The number of amides is 3. The molecule has 5 heteroatoms. The molecule has 1 saturated carbocycles. The molecule has 0 N–H and O–H groups in total. The van der Waals surface area contributed by atoms with Crippen LogP contribution in [0.1, 0.15) is 67.7 Å². The molecule has 3 amide bonds. The maximum Gasteiger partial charge on any atom is 0.262 e. The fourth-order valence-corrected chi connectivity index (χ4v) is 5.63. The summed E-state index contributed by atoms with van der Waals surface area (Å²) in [6.45, 7) is 9.17. The summed E-state index contributed by atoms with van der Waals surface area (Å²) in [5, 5.41) is 0. The van der Waals surface area contributed by atoms with Crippen LogP contribution in [0.15, 0.2) is 24.3 Å². The largest absolute Gasteiger partial charge is 0.337 e. The second-order valence-electron chi connectivity index (χ2n) is 9.38. The van der Waals surface area contributed by atoms with E-state index in [0.29, 0.717) is 17.7 Å². The van der Waals surface area contributed by atoms with E-state index in [0.717, 1.165) is 24.2 Å². The van der Waals surface area contributed by atoms with Gasteiger partial charge in [0.05, 0.1) is 11.1 Å². The van der Waals surface area contributed by atoms with E-state index >= 15 is 0 Å². The lowest BCUT2D eigenvalue weighted by molar-refractivity contribution is -0.136. The zero-order valence-corrected chi connectivity index (χ0v) is 15.9. The summed E-state index contributed by atoms with van der Waals surface area (Å²) in [4.78, 5) is 41.7. The van der Waals surface area contributed by atoms with Crippen LogP contribution >= 0.6 is 0 Å². The molecule has 2 bridgehead atoms. The van der Waals surface area contributed by atoms with Gasteiger partial charge in [-0.25, -0.2) is 0 Å². The highest BCUT2D eigenvalue weighted by Crippen LogP contribution is 2.52. The van der Waals surface area contributed by atoms with E-state index in [1.165, 1.54) is 0 Å². The Morgan fingerprint density at radius 2 is 1.65 bits per heavy atom. The van der Waals surface area contributed by atoms with Crippen LogP contribution in [-0.2, 0) is 4.79 Å². The Balaban J connectivity index is 1.59. The van der Waals surface area contributed by atoms with Gasteiger partial charge in [0, 0.05) is 12.6 Å². The van der Waals surface area contributed by atoms with E-state index in [9.17, 15) is 14.4 Å². The Morgan fingerprint density at radius 1 is 1.08 bits per heavy atom. The van der Waals surface area contributed by atoms with Crippen LogP contribution in [0.2, 0.25) is 0 Å². The number of hydrogen-bond acceptors (Lipinski definition) is 3. The number of nitrogens with zero attached hydrogens (tertiary/aromatic N) is 2. The molecule has 0 radical (unpaired) electrons. The molecule has 5 nitrogen and oxygen atoms in total. The minimum absolute atomic E-state index is 0.106. The summed E-state index contributed by atoms with van der Waals surface area (Å²) in [5.74, 6) is -0.828. The fourth-order valence-electron chi connectivity index (χ4n) is 5.63. The normalized spacial score (nSPS) is 30.5. The van der Waals surface area contributed by atoms with Crippen LogP contribution in [0.3, 0.4) is 0 Å². The Bertz CT molecular complexity index is 780. The predicted molar refractivity (Wildman–Crippen MR) is 97.6 cm³/mol. The van der Waals surface area contributed by atoms with Crippen molar-refractivity contribution in [3.05, 3.63) is 35.4 Å². The molecule has 1 aliphatic carbocycles. The zero-order chi connectivity index (χ0) is 18.9. The first kappa shape index (κ1) is 17.3. The van der Waals surface area contributed by atoms with Gasteiger partial charge in [-0.3, -0.25) is 19.3 Å². The number of likely N-dealkylation sites (tertiary alicyclic amines) is 1. The van der Waals surface area contributed by atoms with Crippen LogP contribution < -0.4 is 0 Å². The number of carbonyl (C=O) groups excluding carboxylic acids is 3. The van der Waals surface area contributed by atoms with E-state index < -0.39 is 6.04 Å². The molecule has 1 aromatic carbocycles. The number of rotatable bonds is 2. The summed E-state index contributed by atoms with van der Waals surface area (Å²) in [6, 6.07) is 6.22. The standard InChI is InChI=1S/C21H26N2O3/c1-13(23-18(25)15-7-5-6-8-16(15)19(23)26)17(24)22-12-21(4)10-14(22)9-20(2,3)11-21/h5-8,13-14H,9-12H2,1-4H3/t13-,14+,21-/m0/s1. The van der Waals surface area contributed by atoms with Crippen molar-refractivity contribution in [2.24, 2.45) is 10.8 Å². The maximum atomic E-state index is 13.3. The molecular weight excluding hydrogens is 328 g/mol. The maximum absolute atomic E-state index is 13.3. The van der Waals surface area contributed by atoms with E-state index in [2.05, 4.69) is 20.8 Å². The van der Waals surface area contributed by atoms with Crippen molar-refractivity contribution >= 4 is 17.7 Å². The number of fused-ring (bicyclic) bond motifs is 3. The Kier molecular flexibility index (Phi) is 3.59. The molecule has 0 spiro atoms. The number of carbonyl (C=O) groups is 3. The van der Waals surface area contributed by atoms with Gasteiger partial charge in [-0.2, -0.15) is 0 Å². The summed E-state index contributed by atoms with van der Waals surface area (Å²) < 4.78 is 0. The van der Waals surface area contributed by atoms with Crippen LogP contribution in [0, 0.1) is 10.8 Å². The predicted octanol–water partition coefficient (Wildman–Crippen LogP) is 3.10. The van der Waals surface area contributed by atoms with Gasteiger partial charge in [-0.05, 0) is 49.1 Å². The van der Waals surface area contributed by atoms with Gasteiger partial charge in [0.25, 0.3) is 11.8 Å². The van der Waals surface area contributed by atoms with Crippen molar-refractivity contribution in [1.29, 1.82) is 0 Å². The summed E-state index contributed by atoms with van der Waals surface area (Å²) in [5.41, 5.74) is 1.13. The quantitative estimate of drug-likeness (QED) is 0.767. The highest BCUT2D eigenvalue weighted by atomic mass is 16.2. The molecule has 1 aromatic rings. The Morgan fingerprint density at radius 3 is 2.23 bits per heavy atom. The van der Waals surface area contributed by atoms with Crippen LogP contribution in [0.5, 0.6) is 0 Å². The van der Waals surface area contributed by atoms with E-state index in [4.69, 9.17) is 0 Å². The highest BCUT2D eigenvalue weighted by Gasteiger charge is 2.52. The van der Waals surface area contributed by atoms with Gasteiger partial charge in [0.1, 0.15) is 6.04 Å². The smallest absolute Gasteiger partial charge is 0.262 e. The van der Waals surface area contributed by atoms with Gasteiger partial charge >= 0.3 is 0 Å². The molecule has 2 fully saturated rings. The molecule has 1 saturated heterocycles. The molecule has 26 heavy (non-hydrogen) atoms. The fraction of sp³-hybridized carbons (Fsp3) is 0.571. The molecule has 0 aromatic heterocycles. The summed E-state index contributed by atoms with van der Waals surface area (Å²) in [6.07, 6.45) is 3.09. The van der Waals surface area contributed by atoms with Crippen molar-refractivity contribution < 1.29 is 14.4 Å². The Hall–Kier alpha value is -2.17. The molecule has 138 valence electrons. The first-order chi connectivity index (χ1) is 12.1. The first-order valence-electron chi connectivity index (χ1n) is 9.39. The van der Waals surface area contributed by atoms with E-state index in [-0.39, 0.29) is 34.6 Å². The van der Waals surface area contributed by atoms with Crippen LogP contribution in [-0.4, -0.2) is 46.1 Å². The van der Waals surface area contributed by atoms with Crippen LogP contribution in [0.25, 0.3) is 0 Å². The monoisotopic (exact) mass is 354 g/mol. The summed E-state index contributed by atoms with van der Waals surface area (Å²) in [7, 11) is 0.